The monoisotopic (exact) mass is 281 g/mol. The summed E-state index contributed by atoms with van der Waals surface area (Å²) in [4.78, 5) is 4.58. The van der Waals surface area contributed by atoms with Gasteiger partial charge in [-0.05, 0) is 38.2 Å². The highest BCUT2D eigenvalue weighted by Gasteiger charge is 2.29. The number of ether oxygens (including phenoxy) is 1. The number of hydrogen-bond donors (Lipinski definition) is 1. The van der Waals surface area contributed by atoms with E-state index in [0.717, 1.165) is 25.1 Å². The van der Waals surface area contributed by atoms with Gasteiger partial charge in [-0.1, -0.05) is 6.07 Å². The SMILES string of the molecule is COc1ccc(C(CN)N2CCC(N(C)C)C2)cc1F. The summed E-state index contributed by atoms with van der Waals surface area (Å²) in [5.74, 6) is -0.0519. The Balaban J connectivity index is 2.14. The van der Waals surface area contributed by atoms with Gasteiger partial charge in [0.1, 0.15) is 0 Å². The summed E-state index contributed by atoms with van der Waals surface area (Å²) >= 11 is 0. The van der Waals surface area contributed by atoms with Gasteiger partial charge in [-0.15, -0.1) is 0 Å². The molecule has 0 aliphatic carbocycles. The first kappa shape index (κ1) is 15.2. The quantitative estimate of drug-likeness (QED) is 0.887. The van der Waals surface area contributed by atoms with Gasteiger partial charge in [-0.3, -0.25) is 4.90 Å². The molecule has 2 rings (SSSR count). The molecular weight excluding hydrogens is 257 g/mol. The Morgan fingerprint density at radius 3 is 2.75 bits per heavy atom. The Kier molecular flexibility index (Phi) is 4.96. The first-order chi connectivity index (χ1) is 9.56. The lowest BCUT2D eigenvalue weighted by Gasteiger charge is -2.28. The lowest BCUT2D eigenvalue weighted by atomic mass is 10.1. The zero-order chi connectivity index (χ0) is 14.7. The highest BCUT2D eigenvalue weighted by atomic mass is 19.1. The summed E-state index contributed by atoms with van der Waals surface area (Å²) in [5.41, 5.74) is 6.84. The van der Waals surface area contributed by atoms with E-state index in [0.29, 0.717) is 12.6 Å². The third kappa shape index (κ3) is 3.11. The van der Waals surface area contributed by atoms with Crippen molar-refractivity contribution in [2.45, 2.75) is 18.5 Å². The second-order valence-electron chi connectivity index (χ2n) is 5.55. The summed E-state index contributed by atoms with van der Waals surface area (Å²) in [6, 6.07) is 5.74. The van der Waals surface area contributed by atoms with Crippen LogP contribution in [0, 0.1) is 5.82 Å². The van der Waals surface area contributed by atoms with Crippen molar-refractivity contribution in [3.8, 4) is 5.75 Å². The molecule has 1 aliphatic heterocycles. The van der Waals surface area contributed by atoms with Crippen LogP contribution in [0.2, 0.25) is 0 Å². The van der Waals surface area contributed by atoms with Crippen molar-refractivity contribution in [1.82, 2.24) is 9.80 Å². The topological polar surface area (TPSA) is 41.7 Å². The highest BCUT2D eigenvalue weighted by Crippen LogP contribution is 2.28. The Hall–Kier alpha value is -1.17. The smallest absolute Gasteiger partial charge is 0.165 e. The van der Waals surface area contributed by atoms with Crippen LogP contribution in [-0.2, 0) is 0 Å². The summed E-state index contributed by atoms with van der Waals surface area (Å²) < 4.78 is 18.8. The molecule has 0 amide bonds. The van der Waals surface area contributed by atoms with Gasteiger partial charge in [0.15, 0.2) is 11.6 Å². The predicted octanol–water partition coefficient (Wildman–Crippen LogP) is 1.47. The molecule has 20 heavy (non-hydrogen) atoms. The van der Waals surface area contributed by atoms with Crippen LogP contribution < -0.4 is 10.5 Å². The molecule has 0 aromatic heterocycles. The van der Waals surface area contributed by atoms with E-state index >= 15 is 0 Å². The molecule has 2 atom stereocenters. The van der Waals surface area contributed by atoms with E-state index in [2.05, 4.69) is 23.9 Å². The summed E-state index contributed by atoms with van der Waals surface area (Å²) in [7, 11) is 5.66. The van der Waals surface area contributed by atoms with Crippen LogP contribution in [0.15, 0.2) is 18.2 Å². The van der Waals surface area contributed by atoms with E-state index in [1.807, 2.05) is 6.07 Å². The molecular formula is C15H24FN3O. The molecule has 1 aliphatic rings. The average molecular weight is 281 g/mol. The fraction of sp³-hybridized carbons (Fsp3) is 0.600. The number of hydrogen-bond acceptors (Lipinski definition) is 4. The number of halogens is 1. The first-order valence-electron chi connectivity index (χ1n) is 7.00. The van der Waals surface area contributed by atoms with E-state index < -0.39 is 0 Å². The molecule has 0 bridgehead atoms. The van der Waals surface area contributed by atoms with Gasteiger partial charge in [0.25, 0.3) is 0 Å². The molecule has 5 heteroatoms. The Bertz CT molecular complexity index is 453. The molecule has 1 heterocycles. The molecule has 2 N–H and O–H groups in total. The Morgan fingerprint density at radius 1 is 1.50 bits per heavy atom. The second kappa shape index (κ2) is 6.52. The molecule has 1 saturated heterocycles. The van der Waals surface area contributed by atoms with Gasteiger partial charge in [-0.2, -0.15) is 0 Å². The lowest BCUT2D eigenvalue weighted by Crippen LogP contribution is -2.36. The number of nitrogens with zero attached hydrogens (tertiary/aromatic N) is 2. The third-order valence-electron chi connectivity index (χ3n) is 4.15. The van der Waals surface area contributed by atoms with Crippen LogP contribution in [0.4, 0.5) is 4.39 Å². The van der Waals surface area contributed by atoms with Gasteiger partial charge in [-0.25, -0.2) is 4.39 Å². The first-order valence-corrected chi connectivity index (χ1v) is 7.00. The van der Waals surface area contributed by atoms with Crippen molar-refractivity contribution in [1.29, 1.82) is 0 Å². The molecule has 0 spiro atoms. The van der Waals surface area contributed by atoms with Crippen molar-refractivity contribution in [2.75, 3.05) is 40.8 Å². The maximum Gasteiger partial charge on any atom is 0.165 e. The zero-order valence-corrected chi connectivity index (χ0v) is 12.5. The summed E-state index contributed by atoms with van der Waals surface area (Å²) in [6.45, 7) is 2.47. The number of likely N-dealkylation sites (tertiary alicyclic amines) is 1. The summed E-state index contributed by atoms with van der Waals surface area (Å²) in [6.07, 6.45) is 1.13. The van der Waals surface area contributed by atoms with Crippen molar-refractivity contribution >= 4 is 0 Å². The highest BCUT2D eigenvalue weighted by molar-refractivity contribution is 5.31. The van der Waals surface area contributed by atoms with Gasteiger partial charge in [0, 0.05) is 31.7 Å². The normalized spacial score (nSPS) is 21.4. The van der Waals surface area contributed by atoms with Crippen LogP contribution >= 0.6 is 0 Å². The van der Waals surface area contributed by atoms with E-state index in [1.54, 1.807) is 12.1 Å². The molecule has 1 fully saturated rings. The van der Waals surface area contributed by atoms with Crippen LogP contribution in [0.25, 0.3) is 0 Å². The van der Waals surface area contributed by atoms with Crippen LogP contribution in [0.3, 0.4) is 0 Å². The maximum absolute atomic E-state index is 13.8. The number of methoxy groups -OCH3 is 1. The fourth-order valence-electron chi connectivity index (χ4n) is 2.86. The molecule has 4 nitrogen and oxygen atoms in total. The largest absolute Gasteiger partial charge is 0.494 e. The van der Waals surface area contributed by atoms with E-state index in [1.165, 1.54) is 7.11 Å². The van der Waals surface area contributed by atoms with Gasteiger partial charge >= 0.3 is 0 Å². The van der Waals surface area contributed by atoms with Gasteiger partial charge in [0.2, 0.25) is 0 Å². The van der Waals surface area contributed by atoms with Crippen LogP contribution in [0.1, 0.15) is 18.0 Å². The van der Waals surface area contributed by atoms with E-state index in [-0.39, 0.29) is 17.6 Å². The lowest BCUT2D eigenvalue weighted by molar-refractivity contribution is 0.220. The van der Waals surface area contributed by atoms with E-state index in [9.17, 15) is 4.39 Å². The molecule has 0 radical (unpaired) electrons. The van der Waals surface area contributed by atoms with E-state index in [4.69, 9.17) is 10.5 Å². The number of likely N-dealkylation sites (N-methyl/N-ethyl adjacent to an activating group) is 1. The van der Waals surface area contributed by atoms with Crippen molar-refractivity contribution in [3.05, 3.63) is 29.6 Å². The molecule has 0 saturated carbocycles. The third-order valence-corrected chi connectivity index (χ3v) is 4.15. The Morgan fingerprint density at radius 2 is 2.25 bits per heavy atom. The molecule has 2 unspecified atom stereocenters. The molecule has 1 aromatic rings. The minimum absolute atomic E-state index is 0.0698. The standard InChI is InChI=1S/C15H24FN3O/c1-18(2)12-6-7-19(10-12)14(9-17)11-4-5-15(20-3)13(16)8-11/h4-5,8,12,14H,6-7,9-10,17H2,1-3H3. The molecule has 112 valence electrons. The minimum Gasteiger partial charge on any atom is -0.494 e. The van der Waals surface area contributed by atoms with Crippen LogP contribution in [-0.4, -0.2) is 56.7 Å². The van der Waals surface area contributed by atoms with Crippen LogP contribution in [0.5, 0.6) is 5.75 Å². The van der Waals surface area contributed by atoms with Gasteiger partial charge in [0.05, 0.1) is 7.11 Å². The molecule has 1 aromatic carbocycles. The number of nitrogens with two attached hydrogens (primary N) is 1. The van der Waals surface area contributed by atoms with Gasteiger partial charge < -0.3 is 15.4 Å². The minimum atomic E-state index is -0.327. The Labute approximate surface area is 120 Å². The predicted molar refractivity (Wildman–Crippen MR) is 78.4 cm³/mol. The average Bonchev–Trinajstić information content (AvgIpc) is 2.89. The number of benzene rings is 1. The zero-order valence-electron chi connectivity index (χ0n) is 12.5. The summed E-state index contributed by atoms with van der Waals surface area (Å²) in [5, 5.41) is 0. The second-order valence-corrected chi connectivity index (χ2v) is 5.55. The fourth-order valence-corrected chi connectivity index (χ4v) is 2.86. The van der Waals surface area contributed by atoms with Crippen molar-refractivity contribution < 1.29 is 9.13 Å². The number of rotatable bonds is 5. The van der Waals surface area contributed by atoms with Crippen molar-refractivity contribution in [3.63, 3.8) is 0 Å². The maximum atomic E-state index is 13.8. The van der Waals surface area contributed by atoms with Crippen molar-refractivity contribution in [2.24, 2.45) is 5.73 Å².